The minimum absolute atomic E-state index is 0.0933. The van der Waals surface area contributed by atoms with Gasteiger partial charge in [-0.25, -0.2) is 9.97 Å². The van der Waals surface area contributed by atoms with Gasteiger partial charge in [-0.15, -0.1) is 0 Å². The lowest BCUT2D eigenvalue weighted by atomic mass is 10.2. The molecule has 0 bridgehead atoms. The molecule has 0 amide bonds. The highest BCUT2D eigenvalue weighted by Gasteiger charge is 2.20. The number of hydrogen-bond acceptors (Lipinski definition) is 6. The molecule has 3 N–H and O–H groups in total. The molecule has 2 heterocycles. The van der Waals surface area contributed by atoms with E-state index >= 15 is 0 Å². The molecule has 1 aliphatic rings. The lowest BCUT2D eigenvalue weighted by Crippen LogP contribution is -2.46. The highest BCUT2D eigenvalue weighted by molar-refractivity contribution is 5.48. The van der Waals surface area contributed by atoms with Gasteiger partial charge >= 0.3 is 0 Å². The van der Waals surface area contributed by atoms with E-state index in [1.54, 1.807) is 6.33 Å². The van der Waals surface area contributed by atoms with E-state index in [-0.39, 0.29) is 6.10 Å². The SMILES string of the molecule is CC(C)CNc1cc(N2CCOC(CN)C2)ncn1. The number of aromatic nitrogens is 2. The molecule has 0 radical (unpaired) electrons. The van der Waals surface area contributed by atoms with Gasteiger partial charge in [0.2, 0.25) is 0 Å². The Morgan fingerprint density at radius 1 is 1.53 bits per heavy atom. The Morgan fingerprint density at radius 2 is 2.37 bits per heavy atom. The van der Waals surface area contributed by atoms with Crippen molar-refractivity contribution in [2.24, 2.45) is 11.7 Å². The van der Waals surface area contributed by atoms with Crippen molar-refractivity contribution in [1.82, 2.24) is 9.97 Å². The fourth-order valence-corrected chi connectivity index (χ4v) is 2.00. The standard InChI is InChI=1S/C13H23N5O/c1-10(2)7-15-12-5-13(17-9-16-12)18-3-4-19-11(6-14)8-18/h5,9-11H,3-4,6-8,14H2,1-2H3,(H,15,16,17). The number of nitrogens with zero attached hydrogens (tertiary/aromatic N) is 3. The van der Waals surface area contributed by atoms with Gasteiger partial charge in [-0.2, -0.15) is 0 Å². The molecule has 0 spiro atoms. The second kappa shape index (κ2) is 6.68. The molecule has 1 saturated heterocycles. The molecule has 19 heavy (non-hydrogen) atoms. The van der Waals surface area contributed by atoms with Crippen LogP contribution in [0, 0.1) is 5.92 Å². The van der Waals surface area contributed by atoms with Crippen LogP contribution in [0.2, 0.25) is 0 Å². The van der Waals surface area contributed by atoms with Crippen LogP contribution in [0.3, 0.4) is 0 Å². The van der Waals surface area contributed by atoms with Crippen molar-refractivity contribution >= 4 is 11.6 Å². The molecule has 0 aromatic carbocycles. The molecule has 1 atom stereocenters. The van der Waals surface area contributed by atoms with Crippen LogP contribution in [0.15, 0.2) is 12.4 Å². The zero-order chi connectivity index (χ0) is 13.7. The van der Waals surface area contributed by atoms with Crippen LogP contribution < -0.4 is 16.0 Å². The highest BCUT2D eigenvalue weighted by atomic mass is 16.5. The summed E-state index contributed by atoms with van der Waals surface area (Å²) in [6, 6.07) is 1.99. The van der Waals surface area contributed by atoms with Gasteiger partial charge in [0, 0.05) is 32.2 Å². The molecular weight excluding hydrogens is 242 g/mol. The molecule has 1 aliphatic heterocycles. The summed E-state index contributed by atoms with van der Waals surface area (Å²) in [6.07, 6.45) is 1.70. The smallest absolute Gasteiger partial charge is 0.134 e. The summed E-state index contributed by atoms with van der Waals surface area (Å²) in [6.45, 7) is 8.12. The highest BCUT2D eigenvalue weighted by Crippen LogP contribution is 2.17. The predicted octanol–water partition coefficient (Wildman–Crippen LogP) is 0.708. The third-order valence-electron chi connectivity index (χ3n) is 3.07. The molecule has 106 valence electrons. The van der Waals surface area contributed by atoms with E-state index in [4.69, 9.17) is 10.5 Å². The Kier molecular flexibility index (Phi) is 4.93. The Labute approximate surface area is 114 Å². The Hall–Kier alpha value is -1.40. The normalized spacial score (nSPS) is 19.8. The quantitative estimate of drug-likeness (QED) is 0.816. The third kappa shape index (κ3) is 4.04. The molecule has 0 aliphatic carbocycles. The summed E-state index contributed by atoms with van der Waals surface area (Å²) in [5.74, 6) is 2.39. The van der Waals surface area contributed by atoms with E-state index in [0.29, 0.717) is 19.1 Å². The van der Waals surface area contributed by atoms with Crippen molar-refractivity contribution in [3.63, 3.8) is 0 Å². The molecule has 0 saturated carbocycles. The first-order valence-electron chi connectivity index (χ1n) is 6.81. The Morgan fingerprint density at radius 3 is 3.11 bits per heavy atom. The number of morpholine rings is 1. The minimum Gasteiger partial charge on any atom is -0.373 e. The number of hydrogen-bond donors (Lipinski definition) is 2. The first-order chi connectivity index (χ1) is 9.19. The third-order valence-corrected chi connectivity index (χ3v) is 3.07. The van der Waals surface area contributed by atoms with Crippen LogP contribution >= 0.6 is 0 Å². The zero-order valence-electron chi connectivity index (χ0n) is 11.7. The maximum Gasteiger partial charge on any atom is 0.134 e. The Balaban J connectivity index is 2.01. The van der Waals surface area contributed by atoms with Crippen molar-refractivity contribution in [1.29, 1.82) is 0 Å². The summed E-state index contributed by atoms with van der Waals surface area (Å²) in [7, 11) is 0. The van der Waals surface area contributed by atoms with Crippen LogP contribution in [0.5, 0.6) is 0 Å². The van der Waals surface area contributed by atoms with Gasteiger partial charge < -0.3 is 20.7 Å². The summed E-state index contributed by atoms with van der Waals surface area (Å²) in [4.78, 5) is 10.8. The molecular formula is C13H23N5O. The van der Waals surface area contributed by atoms with E-state index < -0.39 is 0 Å². The number of nitrogens with two attached hydrogens (primary N) is 1. The summed E-state index contributed by atoms with van der Waals surface area (Å²) in [5.41, 5.74) is 5.66. The average Bonchev–Trinajstić information content (AvgIpc) is 2.45. The predicted molar refractivity (Wildman–Crippen MR) is 76.4 cm³/mol. The largest absolute Gasteiger partial charge is 0.373 e. The van der Waals surface area contributed by atoms with Crippen molar-refractivity contribution in [2.45, 2.75) is 20.0 Å². The molecule has 2 rings (SSSR count). The molecule has 1 aromatic heterocycles. The first kappa shape index (κ1) is 14.0. The molecule has 1 fully saturated rings. The monoisotopic (exact) mass is 265 g/mol. The van der Waals surface area contributed by atoms with E-state index in [1.165, 1.54) is 0 Å². The minimum atomic E-state index is 0.0933. The maximum atomic E-state index is 5.66. The molecule has 1 aromatic rings. The average molecular weight is 265 g/mol. The second-order valence-corrected chi connectivity index (χ2v) is 5.21. The van der Waals surface area contributed by atoms with E-state index in [2.05, 4.69) is 34.0 Å². The molecule has 1 unspecified atom stereocenters. The van der Waals surface area contributed by atoms with Crippen LogP contribution in [-0.2, 0) is 4.74 Å². The zero-order valence-corrected chi connectivity index (χ0v) is 11.7. The van der Waals surface area contributed by atoms with Gasteiger partial charge in [0.15, 0.2) is 0 Å². The van der Waals surface area contributed by atoms with Gasteiger partial charge in [0.1, 0.15) is 18.0 Å². The second-order valence-electron chi connectivity index (χ2n) is 5.21. The summed E-state index contributed by atoms with van der Waals surface area (Å²) >= 11 is 0. The summed E-state index contributed by atoms with van der Waals surface area (Å²) in [5, 5.41) is 3.32. The maximum absolute atomic E-state index is 5.66. The van der Waals surface area contributed by atoms with Crippen molar-refractivity contribution in [3.8, 4) is 0 Å². The summed E-state index contributed by atoms with van der Waals surface area (Å²) < 4.78 is 5.56. The van der Waals surface area contributed by atoms with Gasteiger partial charge in [0.25, 0.3) is 0 Å². The van der Waals surface area contributed by atoms with Gasteiger partial charge in [-0.05, 0) is 5.92 Å². The topological polar surface area (TPSA) is 76.3 Å². The van der Waals surface area contributed by atoms with Crippen LogP contribution in [0.25, 0.3) is 0 Å². The Bertz CT molecular complexity index is 398. The van der Waals surface area contributed by atoms with Crippen molar-refractivity contribution in [2.75, 3.05) is 43.0 Å². The van der Waals surface area contributed by atoms with E-state index in [9.17, 15) is 0 Å². The lowest BCUT2D eigenvalue weighted by Gasteiger charge is -2.33. The molecule has 6 nitrogen and oxygen atoms in total. The van der Waals surface area contributed by atoms with Crippen molar-refractivity contribution < 1.29 is 4.74 Å². The number of nitrogens with one attached hydrogen (secondary N) is 1. The van der Waals surface area contributed by atoms with Gasteiger partial charge in [0.05, 0.1) is 12.7 Å². The van der Waals surface area contributed by atoms with Gasteiger partial charge in [-0.3, -0.25) is 0 Å². The van der Waals surface area contributed by atoms with Crippen LogP contribution in [0.1, 0.15) is 13.8 Å². The van der Waals surface area contributed by atoms with Crippen LogP contribution in [0.4, 0.5) is 11.6 Å². The fraction of sp³-hybridized carbons (Fsp3) is 0.692. The first-order valence-corrected chi connectivity index (χ1v) is 6.81. The van der Waals surface area contributed by atoms with Crippen LogP contribution in [-0.4, -0.2) is 48.9 Å². The molecule has 6 heteroatoms. The number of anilines is 2. The fourth-order valence-electron chi connectivity index (χ4n) is 2.00. The number of rotatable bonds is 5. The lowest BCUT2D eigenvalue weighted by molar-refractivity contribution is 0.0463. The van der Waals surface area contributed by atoms with Gasteiger partial charge in [-0.1, -0.05) is 13.8 Å². The van der Waals surface area contributed by atoms with E-state index in [0.717, 1.165) is 31.3 Å². The van der Waals surface area contributed by atoms with E-state index in [1.807, 2.05) is 6.07 Å². The number of ether oxygens (including phenoxy) is 1. The van der Waals surface area contributed by atoms with Crippen molar-refractivity contribution in [3.05, 3.63) is 12.4 Å².